The van der Waals surface area contributed by atoms with Crippen LogP contribution in [0, 0.1) is 0 Å². The predicted octanol–water partition coefficient (Wildman–Crippen LogP) is 2.90. The van der Waals surface area contributed by atoms with E-state index in [4.69, 9.17) is 0 Å². The van der Waals surface area contributed by atoms with Crippen molar-refractivity contribution in [2.75, 3.05) is 13.6 Å². The molecule has 70 valence electrons. The Morgan fingerprint density at radius 2 is 1.75 bits per heavy atom. The van der Waals surface area contributed by atoms with Crippen molar-refractivity contribution in [2.24, 2.45) is 0 Å². The lowest BCUT2D eigenvalue weighted by Crippen LogP contribution is -2.08. The molecule has 0 aromatic rings. The molecule has 1 heteroatoms. The summed E-state index contributed by atoms with van der Waals surface area (Å²) in [7, 11) is 1.97. The van der Waals surface area contributed by atoms with Crippen LogP contribution in [0.15, 0.2) is 23.3 Å². The average molecular weight is 167 g/mol. The van der Waals surface area contributed by atoms with Crippen LogP contribution in [0.5, 0.6) is 0 Å². The van der Waals surface area contributed by atoms with Crippen LogP contribution in [0.1, 0.15) is 33.6 Å². The lowest BCUT2D eigenvalue weighted by atomic mass is 10.1. The molecule has 1 N–H and O–H groups in total. The third-order valence-corrected chi connectivity index (χ3v) is 1.97. The van der Waals surface area contributed by atoms with Crippen LogP contribution in [-0.2, 0) is 0 Å². The highest BCUT2D eigenvalue weighted by Crippen LogP contribution is 2.06. The molecule has 12 heavy (non-hydrogen) atoms. The van der Waals surface area contributed by atoms with E-state index in [1.54, 1.807) is 0 Å². The van der Waals surface area contributed by atoms with Crippen LogP contribution in [0.2, 0.25) is 0 Å². The fraction of sp³-hybridized carbons (Fsp3) is 0.636. The van der Waals surface area contributed by atoms with E-state index in [1.165, 1.54) is 24.0 Å². The Morgan fingerprint density at radius 3 is 2.17 bits per heavy atom. The van der Waals surface area contributed by atoms with Crippen molar-refractivity contribution in [1.29, 1.82) is 0 Å². The minimum Gasteiger partial charge on any atom is -0.316 e. The van der Waals surface area contributed by atoms with Crippen molar-refractivity contribution in [2.45, 2.75) is 33.6 Å². The van der Waals surface area contributed by atoms with Crippen molar-refractivity contribution in [3.05, 3.63) is 23.3 Å². The van der Waals surface area contributed by atoms with Crippen molar-refractivity contribution >= 4 is 0 Å². The van der Waals surface area contributed by atoms with Gasteiger partial charge in [0.25, 0.3) is 0 Å². The number of rotatable bonds is 5. The highest BCUT2D eigenvalue weighted by molar-refractivity contribution is 5.17. The van der Waals surface area contributed by atoms with E-state index in [-0.39, 0.29) is 0 Å². The van der Waals surface area contributed by atoms with E-state index < -0.39 is 0 Å². The van der Waals surface area contributed by atoms with E-state index in [2.05, 4.69) is 38.2 Å². The minimum absolute atomic E-state index is 0.983. The van der Waals surface area contributed by atoms with Gasteiger partial charge in [-0.15, -0.1) is 0 Å². The zero-order chi connectivity index (χ0) is 9.40. The van der Waals surface area contributed by atoms with Gasteiger partial charge < -0.3 is 5.32 Å². The smallest absolute Gasteiger partial charge is 0.0161 e. The first kappa shape index (κ1) is 11.4. The fourth-order valence-electron chi connectivity index (χ4n) is 1.08. The molecular formula is C11H21N. The topological polar surface area (TPSA) is 12.0 Å². The average Bonchev–Trinajstić information content (AvgIpc) is 2.07. The van der Waals surface area contributed by atoms with Gasteiger partial charge in [-0.2, -0.15) is 0 Å². The van der Waals surface area contributed by atoms with Crippen molar-refractivity contribution < 1.29 is 0 Å². The molecule has 0 bridgehead atoms. The maximum atomic E-state index is 3.13. The van der Waals surface area contributed by atoms with Crippen LogP contribution >= 0.6 is 0 Å². The van der Waals surface area contributed by atoms with Gasteiger partial charge in [-0.25, -0.2) is 0 Å². The highest BCUT2D eigenvalue weighted by Gasteiger charge is 1.87. The Labute approximate surface area is 76.6 Å². The van der Waals surface area contributed by atoms with Gasteiger partial charge in [0.15, 0.2) is 0 Å². The second kappa shape index (κ2) is 7.11. The molecule has 0 aliphatic carbocycles. The highest BCUT2D eigenvalue weighted by atomic mass is 14.8. The fourth-order valence-corrected chi connectivity index (χ4v) is 1.08. The summed E-state index contributed by atoms with van der Waals surface area (Å²) < 4.78 is 0. The second-order valence-corrected chi connectivity index (χ2v) is 3.08. The number of nitrogens with one attached hydrogen (secondary N) is 1. The summed E-state index contributed by atoms with van der Waals surface area (Å²) in [5.41, 5.74) is 2.90. The summed E-state index contributed by atoms with van der Waals surface area (Å²) in [6.07, 6.45) is 6.78. The normalized spacial score (nSPS) is 11.5. The van der Waals surface area contributed by atoms with Gasteiger partial charge in [-0.1, -0.05) is 37.1 Å². The van der Waals surface area contributed by atoms with E-state index >= 15 is 0 Å². The Morgan fingerprint density at radius 1 is 1.17 bits per heavy atom. The van der Waals surface area contributed by atoms with Crippen molar-refractivity contribution in [3.8, 4) is 0 Å². The molecule has 1 nitrogen and oxygen atoms in total. The van der Waals surface area contributed by atoms with Gasteiger partial charge in [0.05, 0.1) is 0 Å². The van der Waals surface area contributed by atoms with Gasteiger partial charge in [-0.3, -0.25) is 0 Å². The first-order valence-corrected chi connectivity index (χ1v) is 4.74. The molecule has 0 aromatic carbocycles. The summed E-state index contributed by atoms with van der Waals surface area (Å²) in [6.45, 7) is 7.54. The van der Waals surface area contributed by atoms with Crippen LogP contribution in [0.4, 0.5) is 0 Å². The molecule has 0 unspecified atom stereocenters. The molecule has 0 amide bonds. The number of allylic oxidation sites excluding steroid dienone is 3. The van der Waals surface area contributed by atoms with Gasteiger partial charge >= 0.3 is 0 Å². The third kappa shape index (κ3) is 5.14. The third-order valence-electron chi connectivity index (χ3n) is 1.97. The van der Waals surface area contributed by atoms with Crippen LogP contribution in [0.25, 0.3) is 0 Å². The quantitative estimate of drug-likeness (QED) is 0.621. The summed E-state index contributed by atoms with van der Waals surface area (Å²) in [6, 6.07) is 0. The second-order valence-electron chi connectivity index (χ2n) is 3.08. The van der Waals surface area contributed by atoms with Crippen LogP contribution in [-0.4, -0.2) is 13.6 Å². The number of hydrogen-bond acceptors (Lipinski definition) is 1. The molecule has 0 aliphatic rings. The molecule has 0 saturated carbocycles. The SMILES string of the molecule is CCC(=C/C=C(\C)CNC)CC. The summed E-state index contributed by atoms with van der Waals surface area (Å²) in [4.78, 5) is 0. The first-order chi connectivity index (χ1) is 5.74. The number of likely N-dealkylation sites (N-methyl/N-ethyl adjacent to an activating group) is 1. The molecular weight excluding hydrogens is 146 g/mol. The van der Waals surface area contributed by atoms with E-state index in [1.807, 2.05) is 7.05 Å². The molecule has 0 fully saturated rings. The molecule has 0 heterocycles. The number of hydrogen-bond donors (Lipinski definition) is 1. The Kier molecular flexibility index (Phi) is 6.78. The van der Waals surface area contributed by atoms with Crippen LogP contribution in [0.3, 0.4) is 0 Å². The molecule has 0 atom stereocenters. The summed E-state index contributed by atoms with van der Waals surface area (Å²) >= 11 is 0. The monoisotopic (exact) mass is 167 g/mol. The standard InChI is InChI=1S/C11H21N/c1-5-11(6-2)8-7-10(3)9-12-4/h7-8,12H,5-6,9H2,1-4H3/b10-7+. The van der Waals surface area contributed by atoms with Crippen LogP contribution < -0.4 is 5.32 Å². The van der Waals surface area contributed by atoms with E-state index in [0.29, 0.717) is 0 Å². The molecule has 0 aliphatic heterocycles. The lowest BCUT2D eigenvalue weighted by Gasteiger charge is -1.99. The maximum Gasteiger partial charge on any atom is 0.0161 e. The van der Waals surface area contributed by atoms with Crippen molar-refractivity contribution in [1.82, 2.24) is 5.32 Å². The lowest BCUT2D eigenvalue weighted by molar-refractivity contribution is 0.879. The van der Waals surface area contributed by atoms with Gasteiger partial charge in [-0.05, 0) is 26.8 Å². The zero-order valence-electron chi connectivity index (χ0n) is 8.78. The Hall–Kier alpha value is -0.560. The molecule has 0 rings (SSSR count). The van der Waals surface area contributed by atoms with Gasteiger partial charge in [0.1, 0.15) is 0 Å². The molecule has 0 saturated heterocycles. The van der Waals surface area contributed by atoms with Crippen molar-refractivity contribution in [3.63, 3.8) is 0 Å². The predicted molar refractivity (Wildman–Crippen MR) is 56.3 cm³/mol. The van der Waals surface area contributed by atoms with E-state index in [9.17, 15) is 0 Å². The van der Waals surface area contributed by atoms with Gasteiger partial charge in [0, 0.05) is 6.54 Å². The minimum atomic E-state index is 0.983. The Bertz CT molecular complexity index is 160. The molecule has 0 aromatic heterocycles. The largest absolute Gasteiger partial charge is 0.316 e. The molecule has 0 spiro atoms. The van der Waals surface area contributed by atoms with E-state index in [0.717, 1.165) is 6.54 Å². The molecule has 0 radical (unpaired) electrons. The summed E-state index contributed by atoms with van der Waals surface area (Å²) in [5.74, 6) is 0. The zero-order valence-corrected chi connectivity index (χ0v) is 8.78. The van der Waals surface area contributed by atoms with Gasteiger partial charge in [0.2, 0.25) is 0 Å². The maximum absolute atomic E-state index is 3.13. The summed E-state index contributed by atoms with van der Waals surface area (Å²) in [5, 5.41) is 3.13. The Balaban J connectivity index is 4.04. The first-order valence-electron chi connectivity index (χ1n) is 4.74.